The molecule has 0 amide bonds. The smallest absolute Gasteiger partial charge is 0.0234 e. The fourth-order valence-corrected chi connectivity index (χ4v) is 1.53. The quantitative estimate of drug-likeness (QED) is 0.493. The largest absolute Gasteiger partial charge is 0.326 e. The lowest BCUT2D eigenvalue weighted by Crippen LogP contribution is -2.29. The highest BCUT2D eigenvalue weighted by Gasteiger charge is 2.50. The van der Waals surface area contributed by atoms with Gasteiger partial charge in [-0.1, -0.05) is 7.43 Å². The van der Waals surface area contributed by atoms with E-state index in [-0.39, 0.29) is 7.43 Å². The second kappa shape index (κ2) is 1.96. The molecule has 1 aliphatic heterocycles. The topological polar surface area (TPSA) is 38.0 Å². The second-order valence-corrected chi connectivity index (χ2v) is 3.10. The molecular weight excluding hydrogens is 112 g/mol. The van der Waals surface area contributed by atoms with Crippen LogP contribution in [-0.2, 0) is 0 Å². The highest BCUT2D eigenvalue weighted by molar-refractivity contribution is 5.07. The standard InChI is InChI=1S/C6H12N2.CH4/c7-5-3-8-4-6(5)1-2-6;/h5,8H,1-4,7H2;1H4. The molecule has 0 aromatic heterocycles. The third-order valence-electron chi connectivity index (χ3n) is 2.52. The number of hydrogen-bond donors (Lipinski definition) is 2. The summed E-state index contributed by atoms with van der Waals surface area (Å²) in [7, 11) is 0. The minimum Gasteiger partial charge on any atom is -0.326 e. The van der Waals surface area contributed by atoms with E-state index in [2.05, 4.69) is 5.32 Å². The van der Waals surface area contributed by atoms with Crippen molar-refractivity contribution in [2.24, 2.45) is 11.1 Å². The molecule has 3 N–H and O–H groups in total. The molecule has 1 aliphatic carbocycles. The first-order chi connectivity index (χ1) is 3.83. The van der Waals surface area contributed by atoms with Crippen molar-refractivity contribution in [1.29, 1.82) is 0 Å². The highest BCUT2D eigenvalue weighted by atomic mass is 15.0. The van der Waals surface area contributed by atoms with Gasteiger partial charge in [-0.25, -0.2) is 0 Å². The first kappa shape index (κ1) is 7.03. The fraction of sp³-hybridized carbons (Fsp3) is 1.00. The van der Waals surface area contributed by atoms with Crippen LogP contribution in [0.1, 0.15) is 20.3 Å². The molecule has 2 nitrogen and oxygen atoms in total. The van der Waals surface area contributed by atoms with E-state index in [4.69, 9.17) is 5.73 Å². The lowest BCUT2D eigenvalue weighted by atomic mass is 10.0. The average molecular weight is 128 g/mol. The number of nitrogens with two attached hydrogens (primary N) is 1. The predicted molar refractivity (Wildman–Crippen MR) is 39.2 cm³/mol. The van der Waals surface area contributed by atoms with E-state index in [9.17, 15) is 0 Å². The van der Waals surface area contributed by atoms with Crippen LogP contribution < -0.4 is 11.1 Å². The Morgan fingerprint density at radius 1 is 1.44 bits per heavy atom. The van der Waals surface area contributed by atoms with E-state index in [0.717, 1.165) is 6.54 Å². The van der Waals surface area contributed by atoms with Gasteiger partial charge in [0.25, 0.3) is 0 Å². The first-order valence-electron chi connectivity index (χ1n) is 3.30. The summed E-state index contributed by atoms with van der Waals surface area (Å²) < 4.78 is 0. The molecule has 1 spiro atoms. The van der Waals surface area contributed by atoms with Crippen LogP contribution in [0, 0.1) is 5.41 Å². The summed E-state index contributed by atoms with van der Waals surface area (Å²) in [5.74, 6) is 0. The minimum absolute atomic E-state index is 0. The molecule has 1 saturated heterocycles. The van der Waals surface area contributed by atoms with Gasteiger partial charge in [-0.2, -0.15) is 0 Å². The number of rotatable bonds is 0. The first-order valence-corrected chi connectivity index (χ1v) is 3.30. The van der Waals surface area contributed by atoms with Crippen molar-refractivity contribution < 1.29 is 0 Å². The lowest BCUT2D eigenvalue weighted by molar-refractivity contribution is 0.498. The van der Waals surface area contributed by atoms with Crippen LogP contribution in [0.3, 0.4) is 0 Å². The maximum Gasteiger partial charge on any atom is 0.0234 e. The molecule has 0 aromatic carbocycles. The number of hydrogen-bond acceptors (Lipinski definition) is 2. The van der Waals surface area contributed by atoms with E-state index in [1.807, 2.05) is 0 Å². The summed E-state index contributed by atoms with van der Waals surface area (Å²) >= 11 is 0. The molecule has 1 unspecified atom stereocenters. The van der Waals surface area contributed by atoms with Crippen molar-refractivity contribution in [3.05, 3.63) is 0 Å². The molecule has 2 fully saturated rings. The molecule has 0 bridgehead atoms. The van der Waals surface area contributed by atoms with Crippen LogP contribution in [0.15, 0.2) is 0 Å². The Balaban J connectivity index is 0.000000405. The van der Waals surface area contributed by atoms with Crippen molar-refractivity contribution in [3.63, 3.8) is 0 Å². The Morgan fingerprint density at radius 3 is 2.33 bits per heavy atom. The molecule has 9 heavy (non-hydrogen) atoms. The lowest BCUT2D eigenvalue weighted by Gasteiger charge is -2.08. The van der Waals surface area contributed by atoms with Gasteiger partial charge in [0.2, 0.25) is 0 Å². The van der Waals surface area contributed by atoms with Gasteiger partial charge in [0.05, 0.1) is 0 Å². The predicted octanol–water partition coefficient (Wildman–Crippen LogP) is 0.333. The van der Waals surface area contributed by atoms with Gasteiger partial charge in [0.15, 0.2) is 0 Å². The fourth-order valence-electron chi connectivity index (χ4n) is 1.53. The van der Waals surface area contributed by atoms with Crippen molar-refractivity contribution in [2.75, 3.05) is 13.1 Å². The molecule has 1 saturated carbocycles. The summed E-state index contributed by atoms with van der Waals surface area (Å²) in [6, 6.07) is 0.461. The van der Waals surface area contributed by atoms with Gasteiger partial charge < -0.3 is 11.1 Å². The van der Waals surface area contributed by atoms with E-state index < -0.39 is 0 Å². The SMILES string of the molecule is C.NC1CNCC12CC2. The van der Waals surface area contributed by atoms with Gasteiger partial charge in [-0.05, 0) is 18.3 Å². The summed E-state index contributed by atoms with van der Waals surface area (Å²) in [5, 5.41) is 3.30. The zero-order valence-corrected chi connectivity index (χ0v) is 4.98. The highest BCUT2D eigenvalue weighted by Crippen LogP contribution is 2.49. The van der Waals surface area contributed by atoms with Gasteiger partial charge in [-0.3, -0.25) is 0 Å². The summed E-state index contributed by atoms with van der Waals surface area (Å²) in [6.07, 6.45) is 2.72. The molecule has 1 heterocycles. The molecule has 54 valence electrons. The number of nitrogens with one attached hydrogen (secondary N) is 1. The molecule has 0 aromatic rings. The Bertz CT molecular complexity index is 107. The van der Waals surface area contributed by atoms with Crippen LogP contribution in [-0.4, -0.2) is 19.1 Å². The summed E-state index contributed by atoms with van der Waals surface area (Å²) in [5.41, 5.74) is 6.38. The van der Waals surface area contributed by atoms with E-state index in [1.165, 1.54) is 19.4 Å². The van der Waals surface area contributed by atoms with Crippen molar-refractivity contribution in [3.8, 4) is 0 Å². The maximum absolute atomic E-state index is 5.81. The van der Waals surface area contributed by atoms with Gasteiger partial charge >= 0.3 is 0 Å². The van der Waals surface area contributed by atoms with Crippen LogP contribution >= 0.6 is 0 Å². The van der Waals surface area contributed by atoms with Crippen LogP contribution in [0.4, 0.5) is 0 Å². The molecule has 0 radical (unpaired) electrons. The van der Waals surface area contributed by atoms with Crippen LogP contribution in [0.2, 0.25) is 0 Å². The van der Waals surface area contributed by atoms with E-state index >= 15 is 0 Å². The Morgan fingerprint density at radius 2 is 2.11 bits per heavy atom. The summed E-state index contributed by atoms with van der Waals surface area (Å²) in [6.45, 7) is 2.22. The van der Waals surface area contributed by atoms with Crippen LogP contribution in [0.5, 0.6) is 0 Å². The molecular formula is C7H16N2. The zero-order valence-electron chi connectivity index (χ0n) is 4.98. The van der Waals surface area contributed by atoms with Gasteiger partial charge in [-0.15, -0.1) is 0 Å². The normalized spacial score (nSPS) is 36.3. The monoisotopic (exact) mass is 128 g/mol. The Labute approximate surface area is 56.8 Å². The van der Waals surface area contributed by atoms with Crippen molar-refractivity contribution in [1.82, 2.24) is 5.32 Å². The van der Waals surface area contributed by atoms with Gasteiger partial charge in [0, 0.05) is 19.1 Å². The molecule has 2 aliphatic rings. The Hall–Kier alpha value is -0.0800. The maximum atomic E-state index is 5.81. The Kier molecular flexibility index (Phi) is 1.53. The van der Waals surface area contributed by atoms with Crippen molar-refractivity contribution in [2.45, 2.75) is 26.3 Å². The molecule has 2 heteroatoms. The van der Waals surface area contributed by atoms with Crippen molar-refractivity contribution >= 4 is 0 Å². The van der Waals surface area contributed by atoms with Gasteiger partial charge in [0.1, 0.15) is 0 Å². The van der Waals surface area contributed by atoms with E-state index in [1.54, 1.807) is 0 Å². The zero-order chi connectivity index (χ0) is 5.61. The average Bonchev–Trinajstić information content (AvgIpc) is 2.39. The van der Waals surface area contributed by atoms with E-state index in [0.29, 0.717) is 11.5 Å². The third-order valence-corrected chi connectivity index (χ3v) is 2.52. The minimum atomic E-state index is 0. The summed E-state index contributed by atoms with van der Waals surface area (Å²) in [4.78, 5) is 0. The molecule has 2 rings (SSSR count). The third kappa shape index (κ3) is 0.864. The van der Waals surface area contributed by atoms with Crippen LogP contribution in [0.25, 0.3) is 0 Å². The molecule has 1 atom stereocenters. The second-order valence-electron chi connectivity index (χ2n) is 3.10.